The number of amides is 1. The van der Waals surface area contributed by atoms with Crippen LogP contribution >= 0.6 is 15.9 Å². The van der Waals surface area contributed by atoms with Gasteiger partial charge in [0.05, 0.1) is 13.7 Å². The molecular weight excluding hydrogens is 484 g/mol. The summed E-state index contributed by atoms with van der Waals surface area (Å²) in [6.07, 6.45) is 1.51. The average Bonchev–Trinajstić information content (AvgIpc) is 2.83. The summed E-state index contributed by atoms with van der Waals surface area (Å²) in [6.45, 7) is 2.69. The number of nitriles is 1. The third-order valence-electron chi connectivity index (χ3n) is 4.63. The molecule has 0 saturated carbocycles. The van der Waals surface area contributed by atoms with Crippen LogP contribution in [0.1, 0.15) is 18.1 Å². The van der Waals surface area contributed by atoms with Crippen molar-refractivity contribution in [3.05, 3.63) is 87.9 Å². The second-order valence-electron chi connectivity index (χ2n) is 6.87. The molecule has 1 amide bonds. The first-order valence-corrected chi connectivity index (χ1v) is 11.0. The van der Waals surface area contributed by atoms with Crippen molar-refractivity contribution in [3.8, 4) is 23.3 Å². The maximum Gasteiger partial charge on any atom is 0.266 e. The molecule has 168 valence electrons. The maximum atomic E-state index is 12.6. The van der Waals surface area contributed by atoms with Gasteiger partial charge in [-0.05, 0) is 61.0 Å². The normalized spacial score (nSPS) is 10.8. The van der Waals surface area contributed by atoms with E-state index in [1.165, 1.54) is 6.08 Å². The highest BCUT2D eigenvalue weighted by Gasteiger charge is 2.12. The number of methoxy groups -OCH3 is 1. The van der Waals surface area contributed by atoms with Crippen LogP contribution in [0.2, 0.25) is 0 Å². The van der Waals surface area contributed by atoms with Crippen molar-refractivity contribution in [1.82, 2.24) is 0 Å². The van der Waals surface area contributed by atoms with Crippen LogP contribution in [-0.2, 0) is 11.4 Å². The monoisotopic (exact) mass is 506 g/mol. The SMILES string of the molecule is CCOc1cc(/C=C(\C#N)C(=O)Nc2ccc(OC)cc2)ccc1OCc1ccccc1Br. The molecule has 7 heteroatoms. The van der Waals surface area contributed by atoms with E-state index in [0.29, 0.717) is 41.7 Å². The molecule has 3 aromatic rings. The van der Waals surface area contributed by atoms with Crippen molar-refractivity contribution >= 4 is 33.6 Å². The van der Waals surface area contributed by atoms with E-state index in [1.807, 2.05) is 37.3 Å². The molecule has 0 heterocycles. The summed E-state index contributed by atoms with van der Waals surface area (Å²) in [5.41, 5.74) is 2.18. The Bertz CT molecular complexity index is 1180. The number of ether oxygens (including phenoxy) is 3. The fourth-order valence-electron chi connectivity index (χ4n) is 2.96. The van der Waals surface area contributed by atoms with Gasteiger partial charge in [0.15, 0.2) is 11.5 Å². The van der Waals surface area contributed by atoms with Gasteiger partial charge >= 0.3 is 0 Å². The first kappa shape index (κ1) is 23.9. The zero-order valence-electron chi connectivity index (χ0n) is 18.3. The molecule has 0 bridgehead atoms. The Morgan fingerprint density at radius 2 is 1.82 bits per heavy atom. The number of nitrogens with zero attached hydrogens (tertiary/aromatic N) is 1. The van der Waals surface area contributed by atoms with Gasteiger partial charge in [-0.3, -0.25) is 4.79 Å². The van der Waals surface area contributed by atoms with Gasteiger partial charge in [-0.15, -0.1) is 0 Å². The average molecular weight is 507 g/mol. The van der Waals surface area contributed by atoms with Gasteiger partial charge in [0.1, 0.15) is 24.0 Å². The Balaban J connectivity index is 1.77. The first-order chi connectivity index (χ1) is 16.0. The minimum Gasteiger partial charge on any atom is -0.497 e. The molecule has 0 aliphatic heterocycles. The highest BCUT2D eigenvalue weighted by molar-refractivity contribution is 9.10. The van der Waals surface area contributed by atoms with Crippen LogP contribution < -0.4 is 19.5 Å². The number of carbonyl (C=O) groups excluding carboxylic acids is 1. The molecule has 0 fully saturated rings. The Kier molecular flexibility index (Phi) is 8.50. The molecule has 0 atom stereocenters. The largest absolute Gasteiger partial charge is 0.497 e. The van der Waals surface area contributed by atoms with Gasteiger partial charge < -0.3 is 19.5 Å². The molecule has 1 N–H and O–H groups in total. The van der Waals surface area contributed by atoms with Crippen molar-refractivity contribution in [2.24, 2.45) is 0 Å². The third kappa shape index (κ3) is 6.61. The van der Waals surface area contributed by atoms with Gasteiger partial charge in [0.25, 0.3) is 5.91 Å². The standard InChI is InChI=1S/C26H23BrN2O4/c1-3-32-25-15-18(8-13-24(25)33-17-19-6-4-5-7-23(19)27)14-20(16-28)26(30)29-21-9-11-22(31-2)12-10-21/h4-15H,3,17H2,1-2H3,(H,29,30)/b20-14+. The molecular formula is C26H23BrN2O4. The molecule has 0 unspecified atom stereocenters. The molecule has 33 heavy (non-hydrogen) atoms. The molecule has 6 nitrogen and oxygen atoms in total. The smallest absolute Gasteiger partial charge is 0.266 e. The topological polar surface area (TPSA) is 80.6 Å². The van der Waals surface area contributed by atoms with E-state index in [4.69, 9.17) is 14.2 Å². The van der Waals surface area contributed by atoms with E-state index >= 15 is 0 Å². The van der Waals surface area contributed by atoms with Gasteiger partial charge in [-0.1, -0.05) is 40.2 Å². The molecule has 3 rings (SSSR count). The number of hydrogen-bond donors (Lipinski definition) is 1. The Hall–Kier alpha value is -3.76. The number of halogens is 1. The summed E-state index contributed by atoms with van der Waals surface area (Å²) in [6, 6.07) is 21.9. The number of anilines is 1. The summed E-state index contributed by atoms with van der Waals surface area (Å²) < 4.78 is 17.8. The molecule has 0 aliphatic carbocycles. The van der Waals surface area contributed by atoms with Crippen LogP contribution in [0.15, 0.2) is 76.8 Å². The predicted molar refractivity (Wildman–Crippen MR) is 131 cm³/mol. The van der Waals surface area contributed by atoms with Crippen molar-refractivity contribution in [2.45, 2.75) is 13.5 Å². The fraction of sp³-hybridized carbons (Fsp3) is 0.154. The summed E-state index contributed by atoms with van der Waals surface area (Å²) in [4.78, 5) is 12.6. The lowest BCUT2D eigenvalue weighted by Crippen LogP contribution is -2.13. The lowest BCUT2D eigenvalue weighted by Gasteiger charge is -2.13. The van der Waals surface area contributed by atoms with Crippen LogP contribution in [0.25, 0.3) is 6.08 Å². The Morgan fingerprint density at radius 3 is 2.48 bits per heavy atom. The van der Waals surface area contributed by atoms with E-state index in [-0.39, 0.29) is 5.57 Å². The zero-order chi connectivity index (χ0) is 23.6. The number of carbonyl (C=O) groups is 1. The lowest BCUT2D eigenvalue weighted by molar-refractivity contribution is -0.112. The molecule has 0 saturated heterocycles. The molecule has 3 aromatic carbocycles. The number of benzene rings is 3. The minimum absolute atomic E-state index is 0.0323. The van der Waals surface area contributed by atoms with Gasteiger partial charge in [-0.25, -0.2) is 0 Å². The second-order valence-corrected chi connectivity index (χ2v) is 7.73. The zero-order valence-corrected chi connectivity index (χ0v) is 19.9. The van der Waals surface area contributed by atoms with E-state index in [9.17, 15) is 10.1 Å². The fourth-order valence-corrected chi connectivity index (χ4v) is 3.36. The maximum absolute atomic E-state index is 12.6. The highest BCUT2D eigenvalue weighted by Crippen LogP contribution is 2.31. The molecule has 0 aliphatic rings. The quantitative estimate of drug-likeness (QED) is 0.285. The summed E-state index contributed by atoms with van der Waals surface area (Å²) in [5.74, 6) is 1.28. The lowest BCUT2D eigenvalue weighted by atomic mass is 10.1. The van der Waals surface area contributed by atoms with Gasteiger partial charge in [0.2, 0.25) is 0 Å². The molecule has 0 radical (unpaired) electrons. The van der Waals surface area contributed by atoms with Gasteiger partial charge in [0, 0.05) is 15.7 Å². The number of rotatable bonds is 9. The molecule has 0 spiro atoms. The second kappa shape index (κ2) is 11.7. The number of nitrogens with one attached hydrogen (secondary N) is 1. The van der Waals surface area contributed by atoms with E-state index < -0.39 is 5.91 Å². The van der Waals surface area contributed by atoms with Crippen LogP contribution in [-0.4, -0.2) is 19.6 Å². The third-order valence-corrected chi connectivity index (χ3v) is 5.41. The first-order valence-electron chi connectivity index (χ1n) is 10.2. The van der Waals surface area contributed by atoms with Crippen molar-refractivity contribution in [1.29, 1.82) is 5.26 Å². The number of hydrogen-bond acceptors (Lipinski definition) is 5. The summed E-state index contributed by atoms with van der Waals surface area (Å²) >= 11 is 3.52. The van der Waals surface area contributed by atoms with Crippen LogP contribution in [0.5, 0.6) is 17.2 Å². The Labute approximate surface area is 201 Å². The van der Waals surface area contributed by atoms with E-state index in [1.54, 1.807) is 49.6 Å². The minimum atomic E-state index is -0.505. The van der Waals surface area contributed by atoms with Gasteiger partial charge in [-0.2, -0.15) is 5.26 Å². The van der Waals surface area contributed by atoms with Crippen molar-refractivity contribution in [3.63, 3.8) is 0 Å². The highest BCUT2D eigenvalue weighted by atomic mass is 79.9. The van der Waals surface area contributed by atoms with E-state index in [2.05, 4.69) is 21.2 Å². The van der Waals surface area contributed by atoms with Crippen molar-refractivity contribution < 1.29 is 19.0 Å². The van der Waals surface area contributed by atoms with Crippen LogP contribution in [0.4, 0.5) is 5.69 Å². The van der Waals surface area contributed by atoms with Crippen LogP contribution in [0.3, 0.4) is 0 Å². The summed E-state index contributed by atoms with van der Waals surface area (Å²) in [7, 11) is 1.57. The summed E-state index contributed by atoms with van der Waals surface area (Å²) in [5, 5.41) is 12.2. The molecule has 0 aromatic heterocycles. The Morgan fingerprint density at radius 1 is 1.06 bits per heavy atom. The van der Waals surface area contributed by atoms with E-state index in [0.717, 1.165) is 10.0 Å². The van der Waals surface area contributed by atoms with Crippen LogP contribution in [0, 0.1) is 11.3 Å². The van der Waals surface area contributed by atoms with Crippen molar-refractivity contribution in [2.75, 3.05) is 19.0 Å². The predicted octanol–water partition coefficient (Wildman–Crippen LogP) is 5.98.